The summed E-state index contributed by atoms with van der Waals surface area (Å²) in [5.41, 5.74) is 3.10. The molecule has 0 spiro atoms. The van der Waals surface area contributed by atoms with Crippen molar-refractivity contribution in [1.29, 1.82) is 0 Å². The zero-order valence-electron chi connectivity index (χ0n) is 16.9. The monoisotopic (exact) mass is 394 g/mol. The lowest BCUT2D eigenvalue weighted by Crippen LogP contribution is -2.46. The number of hydrogen-bond acceptors (Lipinski definition) is 5. The summed E-state index contributed by atoms with van der Waals surface area (Å²) in [6.07, 6.45) is 0. The third kappa shape index (κ3) is 3.72. The van der Waals surface area contributed by atoms with Crippen molar-refractivity contribution in [2.45, 2.75) is 6.92 Å². The van der Waals surface area contributed by atoms with Crippen molar-refractivity contribution < 1.29 is 14.3 Å². The van der Waals surface area contributed by atoms with Gasteiger partial charge in [0.1, 0.15) is 12.3 Å². The molecule has 0 radical (unpaired) electrons. The van der Waals surface area contributed by atoms with Crippen LogP contribution in [0.3, 0.4) is 0 Å². The molecule has 2 saturated heterocycles. The predicted octanol–water partition coefficient (Wildman–Crippen LogP) is 2.81. The molecular weight excluding hydrogens is 368 g/mol. The Bertz CT molecular complexity index is 874. The van der Waals surface area contributed by atoms with Gasteiger partial charge in [0.15, 0.2) is 0 Å². The second kappa shape index (κ2) is 8.03. The summed E-state index contributed by atoms with van der Waals surface area (Å²) in [4.78, 5) is 31.8. The van der Waals surface area contributed by atoms with Crippen molar-refractivity contribution in [3.8, 4) is 5.75 Å². The Morgan fingerprint density at radius 2 is 1.28 bits per heavy atom. The Labute approximate surface area is 171 Å². The van der Waals surface area contributed by atoms with Gasteiger partial charge in [-0.2, -0.15) is 0 Å². The summed E-state index contributed by atoms with van der Waals surface area (Å²) in [5.74, 6) is 0.726. The van der Waals surface area contributed by atoms with Gasteiger partial charge < -0.3 is 14.5 Å². The molecule has 0 unspecified atom stereocenters. The molecule has 2 aromatic rings. The number of rotatable bonds is 5. The maximum absolute atomic E-state index is 12.4. The summed E-state index contributed by atoms with van der Waals surface area (Å²) in [5, 5.41) is 0. The van der Waals surface area contributed by atoms with E-state index in [1.807, 2.05) is 43.3 Å². The van der Waals surface area contributed by atoms with Gasteiger partial charge in [0.25, 0.3) is 5.91 Å². The minimum absolute atomic E-state index is 0.118. The number of methoxy groups -OCH3 is 1. The number of amides is 3. The van der Waals surface area contributed by atoms with Gasteiger partial charge in [-0.1, -0.05) is 0 Å². The van der Waals surface area contributed by atoms with Gasteiger partial charge in [-0.15, -0.1) is 0 Å². The number of hydrogen-bond donors (Lipinski definition) is 0. The van der Waals surface area contributed by atoms with E-state index in [0.717, 1.165) is 43.3 Å². The first-order chi connectivity index (χ1) is 14.1. The predicted molar refractivity (Wildman–Crippen MR) is 114 cm³/mol. The minimum atomic E-state index is -0.238. The summed E-state index contributed by atoms with van der Waals surface area (Å²) >= 11 is 0. The molecule has 0 atom stereocenters. The number of carbonyl (C=O) groups is 2. The summed E-state index contributed by atoms with van der Waals surface area (Å²) in [7, 11) is 1.68. The molecule has 4 rings (SSSR count). The van der Waals surface area contributed by atoms with E-state index in [4.69, 9.17) is 4.74 Å². The molecule has 2 aliphatic rings. The van der Waals surface area contributed by atoms with Crippen LogP contribution in [0.5, 0.6) is 5.75 Å². The van der Waals surface area contributed by atoms with E-state index in [2.05, 4.69) is 21.9 Å². The number of carbonyl (C=O) groups excluding carboxylic acids is 2. The lowest BCUT2D eigenvalue weighted by Gasteiger charge is -2.37. The van der Waals surface area contributed by atoms with Gasteiger partial charge in [0.2, 0.25) is 0 Å². The number of likely N-dealkylation sites (N-methyl/N-ethyl adjacent to an activating group) is 1. The Hall–Kier alpha value is -3.22. The van der Waals surface area contributed by atoms with Crippen LogP contribution in [0.2, 0.25) is 0 Å². The van der Waals surface area contributed by atoms with Gasteiger partial charge >= 0.3 is 6.03 Å². The highest BCUT2D eigenvalue weighted by atomic mass is 16.5. The zero-order valence-corrected chi connectivity index (χ0v) is 16.9. The largest absolute Gasteiger partial charge is 0.497 e. The normalized spacial score (nSPS) is 17.3. The summed E-state index contributed by atoms with van der Waals surface area (Å²) in [6, 6.07) is 15.8. The first-order valence-corrected chi connectivity index (χ1v) is 9.96. The van der Waals surface area contributed by atoms with Crippen molar-refractivity contribution >= 4 is 29.0 Å². The second-order valence-electron chi connectivity index (χ2n) is 7.20. The van der Waals surface area contributed by atoms with E-state index in [9.17, 15) is 9.59 Å². The first kappa shape index (κ1) is 19.1. The fourth-order valence-electron chi connectivity index (χ4n) is 3.91. The van der Waals surface area contributed by atoms with Crippen LogP contribution in [-0.4, -0.2) is 63.2 Å². The number of ether oxygens (including phenoxy) is 1. The Morgan fingerprint density at radius 1 is 0.793 bits per heavy atom. The molecule has 2 fully saturated rings. The summed E-state index contributed by atoms with van der Waals surface area (Å²) < 4.78 is 5.23. The fourth-order valence-corrected chi connectivity index (χ4v) is 3.91. The molecule has 0 N–H and O–H groups in total. The lowest BCUT2D eigenvalue weighted by atomic mass is 10.2. The van der Waals surface area contributed by atoms with Crippen molar-refractivity contribution in [3.05, 3.63) is 48.5 Å². The van der Waals surface area contributed by atoms with Crippen LogP contribution in [0.25, 0.3) is 0 Å². The second-order valence-corrected chi connectivity index (χ2v) is 7.20. The Morgan fingerprint density at radius 3 is 1.72 bits per heavy atom. The molecule has 0 aliphatic carbocycles. The Balaban J connectivity index is 1.38. The van der Waals surface area contributed by atoms with E-state index in [-0.39, 0.29) is 18.5 Å². The number of anilines is 3. The first-order valence-electron chi connectivity index (χ1n) is 9.96. The highest BCUT2D eigenvalue weighted by molar-refractivity contribution is 6.12. The highest BCUT2D eigenvalue weighted by Gasteiger charge is 2.35. The zero-order chi connectivity index (χ0) is 20.4. The average Bonchev–Trinajstić information content (AvgIpc) is 3.07. The number of urea groups is 1. The summed E-state index contributed by atoms with van der Waals surface area (Å²) in [6.45, 7) is 6.08. The van der Waals surface area contributed by atoms with Crippen LogP contribution in [0, 0.1) is 0 Å². The van der Waals surface area contributed by atoms with Crippen LogP contribution in [0.4, 0.5) is 21.9 Å². The maximum Gasteiger partial charge on any atom is 0.331 e. The van der Waals surface area contributed by atoms with Crippen molar-refractivity contribution in [2.24, 2.45) is 0 Å². The Kier molecular flexibility index (Phi) is 5.29. The lowest BCUT2D eigenvalue weighted by molar-refractivity contribution is -0.124. The minimum Gasteiger partial charge on any atom is -0.497 e. The molecule has 0 saturated carbocycles. The van der Waals surface area contributed by atoms with Gasteiger partial charge in [-0.3, -0.25) is 14.6 Å². The van der Waals surface area contributed by atoms with Crippen molar-refractivity contribution in [2.75, 3.05) is 61.1 Å². The molecule has 7 heteroatoms. The number of nitrogens with zero attached hydrogens (tertiary/aromatic N) is 4. The molecule has 0 bridgehead atoms. The topological polar surface area (TPSA) is 56.3 Å². The SMILES string of the molecule is CCN1C(=O)CN(c2ccc(N3CCN(c4ccc(OC)cc4)CC3)cc2)C1=O. The molecule has 2 aromatic carbocycles. The molecule has 3 amide bonds. The van der Waals surface area contributed by atoms with Gasteiger partial charge in [-0.05, 0) is 55.5 Å². The van der Waals surface area contributed by atoms with E-state index < -0.39 is 0 Å². The molecule has 152 valence electrons. The molecular formula is C22H26N4O3. The van der Waals surface area contributed by atoms with Crippen LogP contribution in [-0.2, 0) is 4.79 Å². The number of imide groups is 1. The standard InChI is InChI=1S/C22H26N4O3/c1-3-25-21(27)16-26(22(25)28)19-6-4-17(5-7-19)23-12-14-24(15-13-23)18-8-10-20(29-2)11-9-18/h4-11H,3,12-16H2,1-2H3. The van der Waals surface area contributed by atoms with Crippen LogP contribution >= 0.6 is 0 Å². The van der Waals surface area contributed by atoms with Gasteiger partial charge in [0, 0.05) is 49.8 Å². The quantitative estimate of drug-likeness (QED) is 0.730. The molecule has 0 aromatic heterocycles. The van der Waals surface area contributed by atoms with Crippen LogP contribution in [0.1, 0.15) is 6.92 Å². The average molecular weight is 394 g/mol. The van der Waals surface area contributed by atoms with Gasteiger partial charge in [-0.25, -0.2) is 4.79 Å². The maximum atomic E-state index is 12.4. The van der Waals surface area contributed by atoms with E-state index >= 15 is 0 Å². The van der Waals surface area contributed by atoms with Crippen LogP contribution < -0.4 is 19.4 Å². The number of benzene rings is 2. The van der Waals surface area contributed by atoms with Gasteiger partial charge in [0.05, 0.1) is 7.11 Å². The van der Waals surface area contributed by atoms with E-state index in [1.165, 1.54) is 15.5 Å². The van der Waals surface area contributed by atoms with Crippen molar-refractivity contribution in [3.63, 3.8) is 0 Å². The molecule has 29 heavy (non-hydrogen) atoms. The molecule has 7 nitrogen and oxygen atoms in total. The smallest absolute Gasteiger partial charge is 0.331 e. The fraction of sp³-hybridized carbons (Fsp3) is 0.364. The third-order valence-corrected chi connectivity index (χ3v) is 5.62. The third-order valence-electron chi connectivity index (χ3n) is 5.62. The van der Waals surface area contributed by atoms with E-state index in [1.54, 1.807) is 7.11 Å². The highest BCUT2D eigenvalue weighted by Crippen LogP contribution is 2.26. The molecule has 2 heterocycles. The van der Waals surface area contributed by atoms with E-state index in [0.29, 0.717) is 6.54 Å². The van der Waals surface area contributed by atoms with Crippen LogP contribution in [0.15, 0.2) is 48.5 Å². The molecule has 2 aliphatic heterocycles. The number of piperazine rings is 1. The van der Waals surface area contributed by atoms with Crippen molar-refractivity contribution in [1.82, 2.24) is 4.90 Å².